The van der Waals surface area contributed by atoms with Gasteiger partial charge in [0.25, 0.3) is 0 Å². The van der Waals surface area contributed by atoms with Gasteiger partial charge in [-0.2, -0.15) is 0 Å². The average Bonchev–Trinajstić information content (AvgIpc) is 3.40. The summed E-state index contributed by atoms with van der Waals surface area (Å²) in [4.78, 5) is 2.44. The van der Waals surface area contributed by atoms with Crippen molar-refractivity contribution in [1.82, 2.24) is 0 Å². The topological polar surface area (TPSA) is 3.24 Å². The molecule has 50 heavy (non-hydrogen) atoms. The van der Waals surface area contributed by atoms with Crippen LogP contribution in [0.3, 0.4) is 0 Å². The minimum atomic E-state index is -0.0929. The van der Waals surface area contributed by atoms with Gasteiger partial charge in [0.1, 0.15) is 0 Å². The molecule has 10 rings (SSSR count). The van der Waals surface area contributed by atoms with Crippen LogP contribution in [0.4, 0.5) is 17.1 Å². The van der Waals surface area contributed by atoms with Crippen LogP contribution < -0.4 is 4.90 Å². The van der Waals surface area contributed by atoms with Crippen LogP contribution in [0.25, 0.3) is 65.3 Å². The molecule has 0 aliphatic heterocycles. The molecule has 0 saturated heterocycles. The molecule has 0 heterocycles. The molecular weight excluding hydrogens is 603 g/mol. The maximum Gasteiger partial charge on any atom is 0.0468 e. The Balaban J connectivity index is 1.19. The number of fused-ring (bicyclic) bond motifs is 10. The normalized spacial score (nSPS) is 13.2. The van der Waals surface area contributed by atoms with Crippen molar-refractivity contribution in [1.29, 1.82) is 0 Å². The second kappa shape index (κ2) is 10.9. The third-order valence-electron chi connectivity index (χ3n) is 11.0. The number of hydrogen-bond acceptors (Lipinski definition) is 1. The Kier molecular flexibility index (Phi) is 6.29. The van der Waals surface area contributed by atoms with E-state index in [1.807, 2.05) is 0 Å². The molecule has 0 fully saturated rings. The molecule has 1 aliphatic carbocycles. The molecule has 9 aromatic carbocycles. The summed E-state index contributed by atoms with van der Waals surface area (Å²) in [5, 5.41) is 10.2. The zero-order valence-corrected chi connectivity index (χ0v) is 28.2. The van der Waals surface area contributed by atoms with Crippen molar-refractivity contribution in [3.63, 3.8) is 0 Å². The van der Waals surface area contributed by atoms with Crippen molar-refractivity contribution in [2.45, 2.75) is 19.3 Å². The molecule has 0 atom stereocenters. The lowest BCUT2D eigenvalue weighted by atomic mass is 9.82. The lowest BCUT2D eigenvalue weighted by molar-refractivity contribution is 0.660. The molecule has 0 N–H and O–H groups in total. The van der Waals surface area contributed by atoms with Crippen LogP contribution >= 0.6 is 0 Å². The Labute approximate surface area is 292 Å². The van der Waals surface area contributed by atoms with Gasteiger partial charge in [-0.15, -0.1) is 0 Å². The van der Waals surface area contributed by atoms with Gasteiger partial charge in [0.05, 0.1) is 0 Å². The van der Waals surface area contributed by atoms with Gasteiger partial charge in [-0.05, 0) is 113 Å². The largest absolute Gasteiger partial charge is 0.310 e. The van der Waals surface area contributed by atoms with Crippen LogP contribution in [0, 0.1) is 0 Å². The van der Waals surface area contributed by atoms with Gasteiger partial charge in [0.2, 0.25) is 0 Å². The molecular formula is C49H35N. The Hall–Kier alpha value is -6.18. The average molecular weight is 638 g/mol. The fraction of sp³-hybridized carbons (Fsp3) is 0.0612. The van der Waals surface area contributed by atoms with Crippen LogP contribution in [0.1, 0.15) is 25.0 Å². The maximum absolute atomic E-state index is 2.44. The van der Waals surface area contributed by atoms with E-state index in [4.69, 9.17) is 0 Å². The molecule has 0 saturated carbocycles. The Morgan fingerprint density at radius 3 is 1.58 bits per heavy atom. The smallest absolute Gasteiger partial charge is 0.0468 e. The molecule has 236 valence electrons. The molecule has 0 amide bonds. The fourth-order valence-corrected chi connectivity index (χ4v) is 8.58. The van der Waals surface area contributed by atoms with Crippen molar-refractivity contribution < 1.29 is 0 Å². The van der Waals surface area contributed by atoms with E-state index >= 15 is 0 Å². The predicted octanol–water partition coefficient (Wildman–Crippen LogP) is 13.7. The molecule has 1 nitrogen and oxygen atoms in total. The highest BCUT2D eigenvalue weighted by Crippen LogP contribution is 2.51. The molecule has 0 bridgehead atoms. The predicted molar refractivity (Wildman–Crippen MR) is 214 cm³/mol. The summed E-state index contributed by atoms with van der Waals surface area (Å²) in [7, 11) is 0. The minimum Gasteiger partial charge on any atom is -0.310 e. The van der Waals surface area contributed by atoms with E-state index in [9.17, 15) is 0 Å². The van der Waals surface area contributed by atoms with E-state index in [1.165, 1.54) is 76.5 Å². The number of nitrogens with zero attached hydrogens (tertiary/aromatic N) is 1. The first kappa shape index (κ1) is 28.8. The zero-order chi connectivity index (χ0) is 33.4. The summed E-state index contributed by atoms with van der Waals surface area (Å²) in [6.07, 6.45) is 0. The van der Waals surface area contributed by atoms with Gasteiger partial charge in [-0.3, -0.25) is 0 Å². The van der Waals surface area contributed by atoms with E-state index in [0.29, 0.717) is 0 Å². The van der Waals surface area contributed by atoms with Crippen LogP contribution in [0.5, 0.6) is 0 Å². The van der Waals surface area contributed by atoms with E-state index in [-0.39, 0.29) is 5.41 Å². The fourth-order valence-electron chi connectivity index (χ4n) is 8.58. The highest BCUT2D eigenvalue weighted by atomic mass is 15.1. The molecule has 0 aromatic heterocycles. The van der Waals surface area contributed by atoms with Crippen molar-refractivity contribution >= 4 is 60.2 Å². The lowest BCUT2D eigenvalue weighted by Gasteiger charge is -2.29. The quantitative estimate of drug-likeness (QED) is 0.174. The van der Waals surface area contributed by atoms with Gasteiger partial charge in [-0.25, -0.2) is 0 Å². The summed E-state index contributed by atoms with van der Waals surface area (Å²) in [6.45, 7) is 4.72. The van der Waals surface area contributed by atoms with Crippen molar-refractivity contribution in [2.75, 3.05) is 4.90 Å². The molecule has 0 unspecified atom stereocenters. The summed E-state index contributed by atoms with van der Waals surface area (Å²) in [6, 6.07) is 65.0. The van der Waals surface area contributed by atoms with Crippen molar-refractivity contribution in [2.24, 2.45) is 0 Å². The molecule has 9 aromatic rings. The van der Waals surface area contributed by atoms with Crippen LogP contribution in [-0.2, 0) is 5.41 Å². The van der Waals surface area contributed by atoms with E-state index in [2.05, 4.69) is 195 Å². The summed E-state index contributed by atoms with van der Waals surface area (Å²) in [5.41, 5.74) is 11.2. The highest BCUT2D eigenvalue weighted by molar-refractivity contribution is 6.25. The molecule has 1 heteroatoms. The van der Waals surface area contributed by atoms with Crippen LogP contribution in [-0.4, -0.2) is 0 Å². The van der Waals surface area contributed by atoms with Crippen LogP contribution in [0.2, 0.25) is 0 Å². The Morgan fingerprint density at radius 2 is 0.840 bits per heavy atom. The maximum atomic E-state index is 2.44. The summed E-state index contributed by atoms with van der Waals surface area (Å²) in [5.74, 6) is 0. The van der Waals surface area contributed by atoms with Gasteiger partial charge >= 0.3 is 0 Å². The monoisotopic (exact) mass is 637 g/mol. The van der Waals surface area contributed by atoms with Gasteiger partial charge < -0.3 is 4.90 Å². The number of anilines is 3. The van der Waals surface area contributed by atoms with E-state index in [1.54, 1.807) is 0 Å². The summed E-state index contributed by atoms with van der Waals surface area (Å²) >= 11 is 0. The first-order valence-electron chi connectivity index (χ1n) is 17.5. The summed E-state index contributed by atoms with van der Waals surface area (Å²) < 4.78 is 0. The second-order valence-corrected chi connectivity index (χ2v) is 14.1. The first-order valence-corrected chi connectivity index (χ1v) is 17.5. The van der Waals surface area contributed by atoms with Gasteiger partial charge in [-0.1, -0.05) is 153 Å². The van der Waals surface area contributed by atoms with Crippen LogP contribution in [0.15, 0.2) is 176 Å². The minimum absolute atomic E-state index is 0.0929. The third kappa shape index (κ3) is 4.27. The molecule has 0 radical (unpaired) electrons. The second-order valence-electron chi connectivity index (χ2n) is 14.1. The number of benzene rings is 9. The molecule has 1 aliphatic rings. The van der Waals surface area contributed by atoms with Gasteiger partial charge in [0.15, 0.2) is 0 Å². The SMILES string of the molecule is CC1(C)c2ccccc2-c2ccc(N(c3ccc(-c4cccc5ccccc45)cc3)c3ccc4c5ccccc5c5ccccc5c4c3)cc21. The Bertz CT molecular complexity index is 2750. The molecule has 0 spiro atoms. The third-order valence-corrected chi connectivity index (χ3v) is 11.0. The zero-order valence-electron chi connectivity index (χ0n) is 28.2. The van der Waals surface area contributed by atoms with E-state index < -0.39 is 0 Å². The van der Waals surface area contributed by atoms with Gasteiger partial charge in [0, 0.05) is 22.5 Å². The van der Waals surface area contributed by atoms with Crippen molar-refractivity contribution in [3.8, 4) is 22.3 Å². The van der Waals surface area contributed by atoms with Crippen molar-refractivity contribution in [3.05, 3.63) is 187 Å². The first-order chi connectivity index (χ1) is 24.6. The Morgan fingerprint density at radius 1 is 0.340 bits per heavy atom. The highest BCUT2D eigenvalue weighted by Gasteiger charge is 2.35. The standard InChI is InChI=1S/C49H35N/c1-49(2)47-21-10-9-19-44(47)45-29-27-36(31-48(45)49)50(34-24-22-33(23-25-34)38-20-11-13-32-12-3-4-14-37(32)38)35-26-28-43-41-17-6-5-15-39(41)40-16-7-8-18-42(40)46(43)30-35/h3-31H,1-2H3. The number of rotatable bonds is 4. The van der Waals surface area contributed by atoms with E-state index in [0.717, 1.165) is 17.1 Å². The lowest BCUT2D eigenvalue weighted by Crippen LogP contribution is -2.16. The number of hydrogen-bond donors (Lipinski definition) is 0.